The quantitative estimate of drug-likeness (QED) is 0.863. The Bertz CT molecular complexity index is 819. The highest BCUT2D eigenvalue weighted by Gasteiger charge is 2.26. The molecule has 0 aromatic heterocycles. The molecule has 2 rings (SSSR count). The van der Waals surface area contributed by atoms with E-state index in [4.69, 9.17) is 23.2 Å². The van der Waals surface area contributed by atoms with E-state index in [1.54, 1.807) is 0 Å². The van der Waals surface area contributed by atoms with E-state index in [0.717, 1.165) is 24.3 Å². The molecule has 1 amide bonds. The third kappa shape index (κ3) is 4.19. The van der Waals surface area contributed by atoms with Crippen molar-refractivity contribution in [2.75, 3.05) is 5.32 Å². The second-order valence-corrected chi connectivity index (χ2v) is 7.23. The van der Waals surface area contributed by atoms with Gasteiger partial charge in [0.1, 0.15) is 0 Å². The van der Waals surface area contributed by atoms with Crippen LogP contribution in [0.4, 0.5) is 14.5 Å². The number of carbonyl (C=O) groups is 1. The third-order valence-electron chi connectivity index (χ3n) is 2.80. The largest absolute Gasteiger partial charge is 0.341 e. The molecule has 2 aromatic rings. The van der Waals surface area contributed by atoms with E-state index in [0.29, 0.717) is 15.7 Å². The first-order valence-electron chi connectivity index (χ1n) is 6.10. The summed E-state index contributed by atoms with van der Waals surface area (Å²) in [5.74, 6) is -4.08. The summed E-state index contributed by atoms with van der Waals surface area (Å²) in [5, 5.41) is 3.17. The van der Waals surface area contributed by atoms with E-state index < -0.39 is 26.4 Å². The second-order valence-electron chi connectivity index (χ2n) is 4.44. The molecule has 4 nitrogen and oxygen atoms in total. The third-order valence-corrected chi connectivity index (χ3v) is 4.63. The van der Waals surface area contributed by atoms with E-state index in [1.165, 1.54) is 18.2 Å². The number of nitrogens with one attached hydrogen (secondary N) is 1. The van der Waals surface area contributed by atoms with Crippen molar-refractivity contribution in [2.45, 2.75) is 10.7 Å². The van der Waals surface area contributed by atoms with Gasteiger partial charge in [-0.2, -0.15) is 8.78 Å². The molecule has 2 aromatic carbocycles. The zero-order valence-corrected chi connectivity index (χ0v) is 13.6. The first-order chi connectivity index (χ1) is 10.7. The summed E-state index contributed by atoms with van der Waals surface area (Å²) in [6, 6.07) is 8.60. The van der Waals surface area contributed by atoms with Crippen molar-refractivity contribution >= 4 is 44.6 Å². The molecule has 0 saturated heterocycles. The van der Waals surface area contributed by atoms with Gasteiger partial charge < -0.3 is 5.32 Å². The molecule has 9 heteroatoms. The predicted octanol–water partition coefficient (Wildman–Crippen LogP) is 4.24. The van der Waals surface area contributed by atoms with Crippen molar-refractivity contribution in [3.63, 3.8) is 0 Å². The molecule has 0 heterocycles. The van der Waals surface area contributed by atoms with Gasteiger partial charge in [-0.1, -0.05) is 23.2 Å². The number of hydrogen-bond acceptors (Lipinski definition) is 3. The number of carbonyl (C=O) groups excluding carboxylic acids is 1. The maximum Gasteiger partial charge on any atom is 0.341 e. The molecular formula is C14H9Cl2F2NO3S. The first-order valence-corrected chi connectivity index (χ1v) is 8.40. The summed E-state index contributed by atoms with van der Waals surface area (Å²) in [6.45, 7) is 0. The molecule has 0 saturated carbocycles. The van der Waals surface area contributed by atoms with Crippen LogP contribution in [0.2, 0.25) is 10.0 Å². The Morgan fingerprint density at radius 1 is 1.00 bits per heavy atom. The zero-order valence-electron chi connectivity index (χ0n) is 11.3. The Kier molecular flexibility index (Phi) is 5.23. The monoisotopic (exact) mass is 379 g/mol. The average Bonchev–Trinajstić information content (AvgIpc) is 2.46. The van der Waals surface area contributed by atoms with Gasteiger partial charge in [-0.05, 0) is 42.5 Å². The molecule has 0 radical (unpaired) electrons. The zero-order chi connectivity index (χ0) is 17.2. The lowest BCUT2D eigenvalue weighted by Crippen LogP contribution is -2.14. The number of halogens is 4. The van der Waals surface area contributed by atoms with E-state index in [1.807, 2.05) is 0 Å². The van der Waals surface area contributed by atoms with Crippen LogP contribution in [-0.4, -0.2) is 20.1 Å². The SMILES string of the molecule is O=C(Nc1cc(Cl)cc(Cl)c1)c1ccc(S(=O)(=O)C(F)F)cc1. The fraction of sp³-hybridized carbons (Fsp3) is 0.0714. The van der Waals surface area contributed by atoms with Crippen LogP contribution in [0.5, 0.6) is 0 Å². The summed E-state index contributed by atoms with van der Waals surface area (Å²) in [5.41, 5.74) is 0.436. The molecule has 23 heavy (non-hydrogen) atoms. The molecule has 0 spiro atoms. The summed E-state index contributed by atoms with van der Waals surface area (Å²) in [6.07, 6.45) is 0. The Hall–Kier alpha value is -1.70. The lowest BCUT2D eigenvalue weighted by atomic mass is 10.2. The van der Waals surface area contributed by atoms with Gasteiger partial charge in [-0.15, -0.1) is 0 Å². The van der Waals surface area contributed by atoms with Gasteiger partial charge in [-0.25, -0.2) is 8.42 Å². The minimum absolute atomic E-state index is 0.0920. The topological polar surface area (TPSA) is 63.2 Å². The van der Waals surface area contributed by atoms with Gasteiger partial charge >= 0.3 is 5.76 Å². The summed E-state index contributed by atoms with van der Waals surface area (Å²) in [4.78, 5) is 11.5. The summed E-state index contributed by atoms with van der Waals surface area (Å²) in [7, 11) is -4.69. The minimum atomic E-state index is -4.69. The van der Waals surface area contributed by atoms with Crippen molar-refractivity contribution in [1.82, 2.24) is 0 Å². The fourth-order valence-electron chi connectivity index (χ4n) is 1.73. The van der Waals surface area contributed by atoms with Gasteiger partial charge in [0, 0.05) is 21.3 Å². The predicted molar refractivity (Wildman–Crippen MR) is 84.0 cm³/mol. The van der Waals surface area contributed by atoms with E-state index in [9.17, 15) is 22.0 Å². The van der Waals surface area contributed by atoms with Crippen molar-refractivity contribution in [2.24, 2.45) is 0 Å². The number of rotatable bonds is 4. The molecule has 0 aliphatic carbocycles. The Morgan fingerprint density at radius 2 is 1.52 bits per heavy atom. The molecule has 0 bridgehead atoms. The molecule has 0 aliphatic heterocycles. The maximum atomic E-state index is 12.4. The van der Waals surface area contributed by atoms with Crippen LogP contribution in [0.1, 0.15) is 10.4 Å². The van der Waals surface area contributed by atoms with Crippen molar-refractivity contribution in [3.8, 4) is 0 Å². The molecule has 0 aliphatic rings. The van der Waals surface area contributed by atoms with Crippen molar-refractivity contribution in [3.05, 3.63) is 58.1 Å². The van der Waals surface area contributed by atoms with Gasteiger partial charge in [0.25, 0.3) is 5.91 Å². The molecule has 0 fully saturated rings. The highest BCUT2D eigenvalue weighted by molar-refractivity contribution is 7.91. The van der Waals surface area contributed by atoms with Gasteiger partial charge in [0.15, 0.2) is 0 Å². The van der Waals surface area contributed by atoms with Gasteiger partial charge in [-0.3, -0.25) is 4.79 Å². The van der Waals surface area contributed by atoms with Gasteiger partial charge in [0.05, 0.1) is 4.90 Å². The van der Waals surface area contributed by atoms with E-state index in [2.05, 4.69) is 5.32 Å². The smallest absolute Gasteiger partial charge is 0.322 e. The van der Waals surface area contributed by atoms with Crippen LogP contribution in [0.15, 0.2) is 47.4 Å². The lowest BCUT2D eigenvalue weighted by Gasteiger charge is -2.07. The fourth-order valence-corrected chi connectivity index (χ4v) is 2.98. The van der Waals surface area contributed by atoms with Gasteiger partial charge in [0.2, 0.25) is 9.84 Å². The lowest BCUT2D eigenvalue weighted by molar-refractivity contribution is 0.102. The number of anilines is 1. The molecule has 1 N–H and O–H groups in total. The molecule has 0 atom stereocenters. The van der Waals surface area contributed by atoms with Crippen LogP contribution >= 0.6 is 23.2 Å². The first kappa shape index (κ1) is 17.7. The molecule has 0 unspecified atom stereocenters. The Labute approximate surface area is 140 Å². The Balaban J connectivity index is 2.21. The Morgan fingerprint density at radius 3 is 2.00 bits per heavy atom. The average molecular weight is 380 g/mol. The van der Waals surface area contributed by atoms with Crippen LogP contribution in [-0.2, 0) is 9.84 Å². The van der Waals surface area contributed by atoms with Crippen LogP contribution in [0.3, 0.4) is 0 Å². The van der Waals surface area contributed by atoms with Crippen LogP contribution in [0, 0.1) is 0 Å². The van der Waals surface area contributed by atoms with E-state index >= 15 is 0 Å². The van der Waals surface area contributed by atoms with Crippen molar-refractivity contribution < 1.29 is 22.0 Å². The maximum absolute atomic E-state index is 12.4. The number of hydrogen-bond donors (Lipinski definition) is 1. The van der Waals surface area contributed by atoms with E-state index in [-0.39, 0.29) is 5.56 Å². The highest BCUT2D eigenvalue weighted by atomic mass is 35.5. The number of sulfone groups is 1. The normalized spacial score (nSPS) is 11.5. The highest BCUT2D eigenvalue weighted by Crippen LogP contribution is 2.23. The number of benzene rings is 2. The summed E-state index contributed by atoms with van der Waals surface area (Å²) < 4.78 is 47.5. The number of alkyl halides is 2. The van der Waals surface area contributed by atoms with Crippen LogP contribution in [0.25, 0.3) is 0 Å². The second kappa shape index (κ2) is 6.82. The molecular weight excluding hydrogens is 371 g/mol. The summed E-state index contributed by atoms with van der Waals surface area (Å²) >= 11 is 11.6. The van der Waals surface area contributed by atoms with Crippen molar-refractivity contribution in [1.29, 1.82) is 0 Å². The standard InChI is InChI=1S/C14H9Cl2F2NO3S/c15-9-5-10(16)7-11(6-9)19-13(20)8-1-3-12(4-2-8)23(21,22)14(17)18/h1-7,14H,(H,19,20). The minimum Gasteiger partial charge on any atom is -0.322 e. The molecule has 122 valence electrons. The number of amides is 1. The van der Waals surface area contributed by atoms with Crippen LogP contribution < -0.4 is 5.32 Å².